The molecule has 30 heavy (non-hydrogen) atoms. The molecule has 0 radical (unpaired) electrons. The molecule has 168 valence electrons. The highest BCUT2D eigenvalue weighted by atomic mass is 16.6. The van der Waals surface area contributed by atoms with Crippen molar-refractivity contribution in [2.24, 2.45) is 0 Å². The van der Waals surface area contributed by atoms with Crippen molar-refractivity contribution in [3.8, 4) is 5.75 Å². The number of hydrogen-bond acceptors (Lipinski definition) is 5. The third-order valence-corrected chi connectivity index (χ3v) is 4.22. The first-order valence-electron chi connectivity index (χ1n) is 10.5. The van der Waals surface area contributed by atoms with Crippen LogP contribution in [0.3, 0.4) is 0 Å². The van der Waals surface area contributed by atoms with Crippen LogP contribution in [0.1, 0.15) is 64.8 Å². The molecule has 0 fully saturated rings. The number of hydrogen-bond donors (Lipinski definition) is 2. The predicted octanol–water partition coefficient (Wildman–Crippen LogP) is 4.22. The van der Waals surface area contributed by atoms with Crippen LogP contribution in [0, 0.1) is 13.8 Å². The van der Waals surface area contributed by atoms with Crippen molar-refractivity contribution in [2.75, 3.05) is 13.2 Å². The number of aryl methyl sites for hydroxylation is 2. The quantitative estimate of drug-likeness (QED) is 0.414. The van der Waals surface area contributed by atoms with Gasteiger partial charge in [-0.15, -0.1) is 0 Å². The molecule has 0 spiro atoms. The van der Waals surface area contributed by atoms with Crippen molar-refractivity contribution < 1.29 is 19.1 Å². The Morgan fingerprint density at radius 1 is 1.17 bits per heavy atom. The predicted molar refractivity (Wildman–Crippen MR) is 119 cm³/mol. The summed E-state index contributed by atoms with van der Waals surface area (Å²) < 4.78 is 11.1. The van der Waals surface area contributed by atoms with Gasteiger partial charge >= 0.3 is 6.09 Å². The van der Waals surface area contributed by atoms with Crippen LogP contribution in [0.25, 0.3) is 0 Å². The Morgan fingerprint density at radius 2 is 1.80 bits per heavy atom. The van der Waals surface area contributed by atoms with Crippen molar-refractivity contribution in [1.29, 1.82) is 0 Å². The van der Waals surface area contributed by atoms with Gasteiger partial charge < -0.3 is 20.1 Å². The summed E-state index contributed by atoms with van der Waals surface area (Å²) in [6.45, 7) is 16.1. The van der Waals surface area contributed by atoms with E-state index >= 15 is 0 Å². The third kappa shape index (κ3) is 10.8. The van der Waals surface area contributed by atoms with Crippen molar-refractivity contribution in [1.82, 2.24) is 15.6 Å². The lowest BCUT2D eigenvalue weighted by Crippen LogP contribution is -2.37. The average molecular weight is 420 g/mol. The Labute approximate surface area is 180 Å². The number of rotatable bonds is 11. The van der Waals surface area contributed by atoms with Gasteiger partial charge in [0, 0.05) is 36.5 Å². The molecule has 0 aliphatic heterocycles. The van der Waals surface area contributed by atoms with Gasteiger partial charge in [-0.3, -0.25) is 9.78 Å². The normalized spacial score (nSPS) is 12.1. The number of carbonyl (C=O) groups excluding carboxylic acids is 2. The molecule has 7 nitrogen and oxygen atoms in total. The maximum Gasteiger partial charge on any atom is 0.407 e. The highest BCUT2D eigenvalue weighted by Crippen LogP contribution is 2.16. The Balaban J connectivity index is 2.50. The number of nitrogens with zero attached hydrogens (tertiary/aromatic N) is 1. The molecule has 1 heterocycles. The van der Waals surface area contributed by atoms with Gasteiger partial charge in [0.1, 0.15) is 18.0 Å². The summed E-state index contributed by atoms with van der Waals surface area (Å²) in [6.07, 6.45) is 2.30. The number of alkyl carbamates (subject to hydrolysis) is 1. The Morgan fingerprint density at radius 3 is 2.37 bits per heavy atom. The summed E-state index contributed by atoms with van der Waals surface area (Å²) in [6, 6.07) is 3.58. The Kier molecular flexibility index (Phi) is 10.4. The van der Waals surface area contributed by atoms with E-state index in [0.717, 1.165) is 42.0 Å². The zero-order valence-electron chi connectivity index (χ0n) is 19.3. The van der Waals surface area contributed by atoms with Gasteiger partial charge in [0.25, 0.3) is 0 Å². The third-order valence-electron chi connectivity index (χ3n) is 4.22. The van der Waals surface area contributed by atoms with E-state index in [9.17, 15) is 9.59 Å². The lowest BCUT2D eigenvalue weighted by Gasteiger charge is -2.22. The van der Waals surface area contributed by atoms with Gasteiger partial charge in [-0.25, -0.2) is 4.79 Å². The van der Waals surface area contributed by atoms with Crippen molar-refractivity contribution in [3.05, 3.63) is 35.7 Å². The molecule has 0 aromatic carbocycles. The minimum absolute atomic E-state index is 0.0244. The maximum atomic E-state index is 11.9. The van der Waals surface area contributed by atoms with Gasteiger partial charge in [-0.05, 0) is 59.5 Å². The standard InChI is InChI=1S/C23H37N3O4/c1-8-21(27)26-20(11-9-10-12-24-22(28)30-23(5,6)7)16(2)15-29-19-13-17(3)25-18(4)14-19/h13-14,20H,2,8-12,15H2,1,3-7H3,(H,24,28)(H,26,27). The summed E-state index contributed by atoms with van der Waals surface area (Å²) in [5.74, 6) is 0.715. The first-order chi connectivity index (χ1) is 14.0. The molecule has 0 saturated carbocycles. The van der Waals surface area contributed by atoms with Gasteiger partial charge in [-0.2, -0.15) is 0 Å². The first-order valence-corrected chi connectivity index (χ1v) is 10.5. The van der Waals surface area contributed by atoms with E-state index in [1.54, 1.807) is 0 Å². The molecule has 2 N–H and O–H groups in total. The lowest BCUT2D eigenvalue weighted by molar-refractivity contribution is -0.121. The number of pyridine rings is 1. The highest BCUT2D eigenvalue weighted by molar-refractivity contribution is 5.76. The largest absolute Gasteiger partial charge is 0.489 e. The van der Waals surface area contributed by atoms with E-state index in [-0.39, 0.29) is 11.9 Å². The van der Waals surface area contributed by atoms with Crippen LogP contribution in [-0.2, 0) is 9.53 Å². The molecule has 0 aliphatic carbocycles. The number of ether oxygens (including phenoxy) is 2. The van der Waals surface area contributed by atoms with Crippen LogP contribution in [0.15, 0.2) is 24.3 Å². The fraction of sp³-hybridized carbons (Fsp3) is 0.609. The Hall–Kier alpha value is -2.57. The van der Waals surface area contributed by atoms with Crippen LogP contribution in [0.4, 0.5) is 4.79 Å². The zero-order chi connectivity index (χ0) is 22.7. The number of unbranched alkanes of at least 4 members (excludes halogenated alkanes) is 1. The summed E-state index contributed by atoms with van der Waals surface area (Å²) in [5.41, 5.74) is 2.08. The second-order valence-corrected chi connectivity index (χ2v) is 8.43. The van der Waals surface area contributed by atoms with E-state index in [4.69, 9.17) is 9.47 Å². The molecule has 1 aromatic heterocycles. The first kappa shape index (κ1) is 25.5. The van der Waals surface area contributed by atoms with Crippen LogP contribution in [0.5, 0.6) is 5.75 Å². The van der Waals surface area contributed by atoms with Crippen molar-refractivity contribution in [3.63, 3.8) is 0 Å². The van der Waals surface area contributed by atoms with Gasteiger partial charge in [0.05, 0.1) is 6.04 Å². The summed E-state index contributed by atoms with van der Waals surface area (Å²) >= 11 is 0. The van der Waals surface area contributed by atoms with Crippen LogP contribution >= 0.6 is 0 Å². The van der Waals surface area contributed by atoms with E-state index in [1.165, 1.54) is 0 Å². The molecular formula is C23H37N3O4. The zero-order valence-corrected chi connectivity index (χ0v) is 19.3. The number of amides is 2. The smallest absolute Gasteiger partial charge is 0.407 e. The van der Waals surface area contributed by atoms with E-state index in [0.29, 0.717) is 19.6 Å². The molecule has 7 heteroatoms. The van der Waals surface area contributed by atoms with E-state index in [1.807, 2.05) is 53.7 Å². The molecule has 2 amide bonds. The second kappa shape index (κ2) is 12.2. The molecule has 1 unspecified atom stereocenters. The minimum Gasteiger partial charge on any atom is -0.489 e. The molecule has 0 bridgehead atoms. The van der Waals surface area contributed by atoms with Gasteiger partial charge in [0.15, 0.2) is 0 Å². The molecular weight excluding hydrogens is 382 g/mol. The SMILES string of the molecule is C=C(COc1cc(C)nc(C)c1)C(CCCCNC(=O)OC(C)(C)C)NC(=O)CC. The molecule has 1 atom stereocenters. The average Bonchev–Trinajstić information content (AvgIpc) is 2.62. The van der Waals surface area contributed by atoms with Gasteiger partial charge in [0.2, 0.25) is 5.91 Å². The minimum atomic E-state index is -0.511. The van der Waals surface area contributed by atoms with Crippen LogP contribution in [0.2, 0.25) is 0 Å². The van der Waals surface area contributed by atoms with E-state index < -0.39 is 11.7 Å². The van der Waals surface area contributed by atoms with Crippen molar-refractivity contribution >= 4 is 12.0 Å². The fourth-order valence-electron chi connectivity index (χ4n) is 2.81. The maximum absolute atomic E-state index is 11.9. The van der Waals surface area contributed by atoms with Gasteiger partial charge in [-0.1, -0.05) is 13.5 Å². The van der Waals surface area contributed by atoms with Crippen LogP contribution in [-0.4, -0.2) is 41.8 Å². The summed E-state index contributed by atoms with van der Waals surface area (Å²) in [5, 5.41) is 5.76. The lowest BCUT2D eigenvalue weighted by atomic mass is 10.0. The number of carbonyl (C=O) groups is 2. The monoisotopic (exact) mass is 419 g/mol. The number of nitrogens with one attached hydrogen (secondary N) is 2. The summed E-state index contributed by atoms with van der Waals surface area (Å²) in [4.78, 5) is 28.0. The molecule has 1 rings (SSSR count). The summed E-state index contributed by atoms with van der Waals surface area (Å²) in [7, 11) is 0. The molecule has 1 aromatic rings. The fourth-order valence-corrected chi connectivity index (χ4v) is 2.81. The molecule has 0 aliphatic rings. The van der Waals surface area contributed by atoms with Crippen molar-refractivity contribution in [2.45, 2.75) is 78.9 Å². The second-order valence-electron chi connectivity index (χ2n) is 8.43. The number of aromatic nitrogens is 1. The topological polar surface area (TPSA) is 89.6 Å². The molecule has 0 saturated heterocycles. The highest BCUT2D eigenvalue weighted by Gasteiger charge is 2.17. The Bertz CT molecular complexity index is 705. The van der Waals surface area contributed by atoms with E-state index in [2.05, 4.69) is 22.2 Å². The van der Waals surface area contributed by atoms with Crippen LogP contribution < -0.4 is 15.4 Å².